The average molecular weight is 466 g/mol. The number of anilines is 2. The Bertz CT molecular complexity index is 1320. The van der Waals surface area contributed by atoms with Crippen molar-refractivity contribution in [3.63, 3.8) is 0 Å². The zero-order valence-electron chi connectivity index (χ0n) is 17.3. The topological polar surface area (TPSA) is 68.0 Å². The van der Waals surface area contributed by atoms with E-state index in [4.69, 9.17) is 22.3 Å². The lowest BCUT2D eigenvalue weighted by Crippen LogP contribution is -2.12. The molecule has 0 aliphatic heterocycles. The van der Waals surface area contributed by atoms with E-state index in [-0.39, 0.29) is 11.7 Å². The quantitative estimate of drug-likeness (QED) is 0.325. The van der Waals surface area contributed by atoms with E-state index >= 15 is 0 Å². The molecule has 4 aromatic rings. The minimum Gasteiger partial charge on any atom is -0.397 e. The number of hydrogen-bond donors (Lipinski definition) is 2. The number of benzene rings is 2. The van der Waals surface area contributed by atoms with Gasteiger partial charge in [0, 0.05) is 21.8 Å². The predicted octanol–water partition coefficient (Wildman–Crippen LogP) is 6.86. The van der Waals surface area contributed by atoms with Crippen LogP contribution in [0.15, 0.2) is 48.5 Å². The maximum atomic E-state index is 13.2. The standard InChI is InChI=1S/C25H21ClFN3OS/c26-15-8-6-14(7-9-15)20-18-4-2-1-3-5-19(18)30-25-21(20)22(28)23(32-25)24(31)29-17-12-10-16(27)11-13-17/h6-13H,1-5,28H2,(H,29,31). The summed E-state index contributed by atoms with van der Waals surface area (Å²) in [5, 5.41) is 4.30. The molecule has 0 unspecified atom stereocenters. The number of amides is 1. The fourth-order valence-electron chi connectivity index (χ4n) is 4.31. The molecule has 4 nitrogen and oxygen atoms in total. The third-order valence-electron chi connectivity index (χ3n) is 5.84. The highest BCUT2D eigenvalue weighted by Crippen LogP contribution is 2.43. The van der Waals surface area contributed by atoms with E-state index < -0.39 is 0 Å². The third kappa shape index (κ3) is 3.85. The summed E-state index contributed by atoms with van der Waals surface area (Å²) in [5.41, 5.74) is 11.9. The maximum Gasteiger partial charge on any atom is 0.267 e. The van der Waals surface area contributed by atoms with Gasteiger partial charge in [0.2, 0.25) is 0 Å². The first kappa shape index (κ1) is 20.9. The van der Waals surface area contributed by atoms with Crippen molar-refractivity contribution >= 4 is 50.4 Å². The third-order valence-corrected chi connectivity index (χ3v) is 7.19. The monoisotopic (exact) mass is 465 g/mol. The molecule has 2 aromatic carbocycles. The summed E-state index contributed by atoms with van der Waals surface area (Å²) >= 11 is 7.44. The Morgan fingerprint density at radius 1 is 1.03 bits per heavy atom. The highest BCUT2D eigenvalue weighted by atomic mass is 35.5. The molecule has 32 heavy (non-hydrogen) atoms. The number of carbonyl (C=O) groups excluding carboxylic acids is 1. The molecule has 3 N–H and O–H groups in total. The van der Waals surface area contributed by atoms with Crippen molar-refractivity contribution in [2.24, 2.45) is 0 Å². The zero-order valence-corrected chi connectivity index (χ0v) is 18.8. The van der Waals surface area contributed by atoms with Gasteiger partial charge in [-0.15, -0.1) is 11.3 Å². The molecular formula is C25H21ClFN3OS. The van der Waals surface area contributed by atoms with Crippen molar-refractivity contribution in [2.75, 3.05) is 11.1 Å². The van der Waals surface area contributed by atoms with Crippen LogP contribution < -0.4 is 11.1 Å². The summed E-state index contributed by atoms with van der Waals surface area (Å²) < 4.78 is 13.2. The molecule has 0 radical (unpaired) electrons. The number of carbonyl (C=O) groups is 1. The van der Waals surface area contributed by atoms with Crippen molar-refractivity contribution in [1.82, 2.24) is 4.98 Å². The van der Waals surface area contributed by atoms with Crippen LogP contribution in [0.5, 0.6) is 0 Å². The van der Waals surface area contributed by atoms with E-state index in [0.717, 1.165) is 52.7 Å². The number of pyridine rings is 1. The van der Waals surface area contributed by atoms with Gasteiger partial charge >= 0.3 is 0 Å². The first-order valence-corrected chi connectivity index (χ1v) is 11.8. The molecule has 0 spiro atoms. The minimum absolute atomic E-state index is 0.325. The van der Waals surface area contributed by atoms with Gasteiger partial charge in [-0.25, -0.2) is 9.37 Å². The van der Waals surface area contributed by atoms with Gasteiger partial charge in [0.15, 0.2) is 0 Å². The fourth-order valence-corrected chi connectivity index (χ4v) is 5.45. The van der Waals surface area contributed by atoms with Gasteiger partial charge in [0.05, 0.1) is 5.69 Å². The van der Waals surface area contributed by atoms with E-state index in [1.807, 2.05) is 24.3 Å². The van der Waals surface area contributed by atoms with E-state index in [9.17, 15) is 9.18 Å². The summed E-state index contributed by atoms with van der Waals surface area (Å²) in [7, 11) is 0. The summed E-state index contributed by atoms with van der Waals surface area (Å²) in [6, 6.07) is 13.4. The molecule has 1 amide bonds. The second kappa shape index (κ2) is 8.52. The number of nitrogen functional groups attached to an aromatic ring is 1. The number of nitrogens with two attached hydrogens (primary N) is 1. The molecule has 0 bridgehead atoms. The average Bonchev–Trinajstić information content (AvgIpc) is 2.95. The molecule has 2 aromatic heterocycles. The lowest BCUT2D eigenvalue weighted by molar-refractivity contribution is 0.103. The number of halogens is 2. The Hall–Kier alpha value is -2.96. The number of thiophene rings is 1. The highest BCUT2D eigenvalue weighted by Gasteiger charge is 2.25. The molecule has 0 atom stereocenters. The second-order valence-corrected chi connectivity index (χ2v) is 9.40. The van der Waals surface area contributed by atoms with Crippen LogP contribution in [0.3, 0.4) is 0 Å². The van der Waals surface area contributed by atoms with E-state index in [1.54, 1.807) is 0 Å². The molecule has 162 valence electrons. The van der Waals surface area contributed by atoms with Crippen LogP contribution in [-0.2, 0) is 12.8 Å². The summed E-state index contributed by atoms with van der Waals surface area (Å²) in [5.74, 6) is -0.683. The fraction of sp³-hybridized carbons (Fsp3) is 0.200. The number of nitrogens with zero attached hydrogens (tertiary/aromatic N) is 1. The van der Waals surface area contributed by atoms with Gasteiger partial charge in [-0.3, -0.25) is 4.79 Å². The van der Waals surface area contributed by atoms with Crippen molar-refractivity contribution in [1.29, 1.82) is 0 Å². The number of nitrogens with one attached hydrogen (secondary N) is 1. The lowest BCUT2D eigenvalue weighted by atomic mass is 9.93. The van der Waals surface area contributed by atoms with Crippen LogP contribution >= 0.6 is 22.9 Å². The Balaban J connectivity index is 1.67. The number of fused-ring (bicyclic) bond motifs is 2. The van der Waals surface area contributed by atoms with Crippen molar-refractivity contribution in [3.05, 3.63) is 75.5 Å². The van der Waals surface area contributed by atoms with Crippen LogP contribution in [0.4, 0.5) is 15.8 Å². The molecule has 0 saturated carbocycles. The SMILES string of the molecule is Nc1c(C(=O)Nc2ccc(F)cc2)sc2nc3c(c(-c4ccc(Cl)cc4)c12)CCCCC3. The smallest absolute Gasteiger partial charge is 0.267 e. The highest BCUT2D eigenvalue weighted by molar-refractivity contribution is 7.21. The first-order chi connectivity index (χ1) is 15.5. The normalized spacial score (nSPS) is 13.6. The first-order valence-electron chi connectivity index (χ1n) is 10.6. The Labute approximate surface area is 194 Å². The van der Waals surface area contributed by atoms with Crippen LogP contribution in [0.25, 0.3) is 21.3 Å². The molecule has 2 heterocycles. The largest absolute Gasteiger partial charge is 0.397 e. The lowest BCUT2D eigenvalue weighted by Gasteiger charge is -2.15. The molecular weight excluding hydrogens is 445 g/mol. The van der Waals surface area contributed by atoms with Crippen LogP contribution in [0.2, 0.25) is 5.02 Å². The van der Waals surface area contributed by atoms with Crippen molar-refractivity contribution < 1.29 is 9.18 Å². The Morgan fingerprint density at radius 3 is 2.50 bits per heavy atom. The second-order valence-electron chi connectivity index (χ2n) is 7.97. The summed E-state index contributed by atoms with van der Waals surface area (Å²) in [6.45, 7) is 0. The number of hydrogen-bond acceptors (Lipinski definition) is 4. The summed E-state index contributed by atoms with van der Waals surface area (Å²) in [4.78, 5) is 19.2. The van der Waals surface area contributed by atoms with E-state index in [0.29, 0.717) is 21.3 Å². The van der Waals surface area contributed by atoms with Gasteiger partial charge in [-0.05, 0) is 78.8 Å². The Morgan fingerprint density at radius 2 is 1.75 bits per heavy atom. The summed E-state index contributed by atoms with van der Waals surface area (Å²) in [6.07, 6.45) is 5.22. The van der Waals surface area contributed by atoms with Gasteiger partial charge in [-0.2, -0.15) is 0 Å². The van der Waals surface area contributed by atoms with Crippen molar-refractivity contribution in [2.45, 2.75) is 32.1 Å². The van der Waals surface area contributed by atoms with Crippen LogP contribution in [0.1, 0.15) is 40.2 Å². The van der Waals surface area contributed by atoms with E-state index in [2.05, 4.69) is 5.32 Å². The van der Waals surface area contributed by atoms with Crippen molar-refractivity contribution in [3.8, 4) is 11.1 Å². The molecule has 0 fully saturated rings. The number of aromatic nitrogens is 1. The molecule has 5 rings (SSSR count). The Kier molecular flexibility index (Phi) is 5.57. The maximum absolute atomic E-state index is 13.2. The molecule has 1 aliphatic rings. The molecule has 1 aliphatic carbocycles. The number of rotatable bonds is 3. The van der Waals surface area contributed by atoms with Crippen LogP contribution in [0, 0.1) is 5.82 Å². The number of aryl methyl sites for hydroxylation is 1. The van der Waals surface area contributed by atoms with Gasteiger partial charge < -0.3 is 11.1 Å². The molecule has 0 saturated heterocycles. The van der Waals surface area contributed by atoms with Gasteiger partial charge in [-0.1, -0.05) is 30.2 Å². The van der Waals surface area contributed by atoms with Crippen LogP contribution in [-0.4, -0.2) is 10.9 Å². The predicted molar refractivity (Wildman–Crippen MR) is 130 cm³/mol. The van der Waals surface area contributed by atoms with E-state index in [1.165, 1.54) is 47.6 Å². The zero-order chi connectivity index (χ0) is 22.2. The van der Waals surface area contributed by atoms with Gasteiger partial charge in [0.25, 0.3) is 5.91 Å². The molecule has 7 heteroatoms. The van der Waals surface area contributed by atoms with Gasteiger partial charge in [0.1, 0.15) is 15.5 Å². The minimum atomic E-state index is -0.359.